The van der Waals surface area contributed by atoms with Gasteiger partial charge in [0, 0.05) is 0 Å². The molecule has 1 nitrogen and oxygen atoms in total. The van der Waals surface area contributed by atoms with Crippen molar-refractivity contribution >= 4 is 6.72 Å². The summed E-state index contributed by atoms with van der Waals surface area (Å²) in [4.78, 5) is 3.87. The number of hydrogen-bond donors (Lipinski definition) is 0. The second-order valence-electron chi connectivity index (χ2n) is 2.10. The molecule has 0 radical (unpaired) electrons. The van der Waals surface area contributed by atoms with E-state index < -0.39 is 0 Å². The average Bonchev–Trinajstić information content (AvgIpc) is 2.05. The maximum atomic E-state index is 3.87. The Hall–Kier alpha value is -1.11. The Balaban J connectivity index is 4.61. The van der Waals surface area contributed by atoms with Crippen LogP contribution in [0.5, 0.6) is 0 Å². The molecule has 0 fully saturated rings. The summed E-state index contributed by atoms with van der Waals surface area (Å²) < 4.78 is 0. The molecule has 60 valence electrons. The van der Waals surface area contributed by atoms with E-state index in [-0.39, 0.29) is 0 Å². The first-order valence-electron chi connectivity index (χ1n) is 3.76. The molecule has 0 saturated heterocycles. The van der Waals surface area contributed by atoms with Gasteiger partial charge < -0.3 is 0 Å². The standard InChI is InChI=1S/C10H15N/c1-5-8-9(6-2)10(7-3)11-4/h6-8H,2,4-5H2,1,3H3/b9-8-,10-7+. The van der Waals surface area contributed by atoms with E-state index in [1.165, 1.54) is 0 Å². The van der Waals surface area contributed by atoms with Crippen molar-refractivity contribution in [1.29, 1.82) is 0 Å². The number of hydrogen-bond acceptors (Lipinski definition) is 1. The summed E-state index contributed by atoms with van der Waals surface area (Å²) >= 11 is 0. The fourth-order valence-corrected chi connectivity index (χ4v) is 0.862. The van der Waals surface area contributed by atoms with Crippen LogP contribution in [0.15, 0.2) is 41.1 Å². The Morgan fingerprint density at radius 1 is 1.55 bits per heavy atom. The molecule has 0 heterocycles. The first kappa shape index (κ1) is 9.89. The van der Waals surface area contributed by atoms with Crippen molar-refractivity contribution in [2.24, 2.45) is 4.99 Å². The zero-order valence-corrected chi connectivity index (χ0v) is 7.30. The first-order valence-corrected chi connectivity index (χ1v) is 3.76. The lowest BCUT2D eigenvalue weighted by Crippen LogP contribution is -1.81. The van der Waals surface area contributed by atoms with Crippen molar-refractivity contribution in [3.05, 3.63) is 36.1 Å². The summed E-state index contributed by atoms with van der Waals surface area (Å²) in [6.07, 6.45) is 6.80. The van der Waals surface area contributed by atoms with Crippen LogP contribution in [0.2, 0.25) is 0 Å². The highest BCUT2D eigenvalue weighted by Crippen LogP contribution is 2.12. The minimum Gasteiger partial charge on any atom is -0.264 e. The molecule has 0 unspecified atom stereocenters. The van der Waals surface area contributed by atoms with Crippen molar-refractivity contribution in [2.75, 3.05) is 0 Å². The van der Waals surface area contributed by atoms with Crippen molar-refractivity contribution in [3.8, 4) is 0 Å². The van der Waals surface area contributed by atoms with Crippen LogP contribution in [0.4, 0.5) is 0 Å². The molecule has 1 heteroatoms. The number of nitrogens with zero attached hydrogens (tertiary/aromatic N) is 1. The monoisotopic (exact) mass is 149 g/mol. The van der Waals surface area contributed by atoms with E-state index in [9.17, 15) is 0 Å². The van der Waals surface area contributed by atoms with E-state index in [2.05, 4.69) is 31.3 Å². The van der Waals surface area contributed by atoms with Crippen LogP contribution in [0.1, 0.15) is 20.3 Å². The molecule has 0 aliphatic rings. The normalized spacial score (nSPS) is 12.9. The number of aliphatic imine (C=N–C) groups is 1. The number of rotatable bonds is 4. The molecule has 0 saturated carbocycles. The van der Waals surface area contributed by atoms with Gasteiger partial charge in [0.15, 0.2) is 0 Å². The highest BCUT2D eigenvalue weighted by Gasteiger charge is 1.94. The molecule has 0 rings (SSSR count). The van der Waals surface area contributed by atoms with E-state index in [1.807, 2.05) is 13.0 Å². The third-order valence-corrected chi connectivity index (χ3v) is 1.38. The van der Waals surface area contributed by atoms with Crippen molar-refractivity contribution in [3.63, 3.8) is 0 Å². The summed E-state index contributed by atoms with van der Waals surface area (Å²) in [5.41, 5.74) is 1.96. The summed E-state index contributed by atoms with van der Waals surface area (Å²) in [6.45, 7) is 11.2. The molecule has 0 bridgehead atoms. The van der Waals surface area contributed by atoms with Crippen LogP contribution < -0.4 is 0 Å². The molecule has 0 amide bonds. The predicted octanol–water partition coefficient (Wildman–Crippen LogP) is 3.11. The summed E-state index contributed by atoms with van der Waals surface area (Å²) in [5, 5.41) is 0. The van der Waals surface area contributed by atoms with Crippen LogP contribution >= 0.6 is 0 Å². The van der Waals surface area contributed by atoms with Gasteiger partial charge in [-0.2, -0.15) is 0 Å². The van der Waals surface area contributed by atoms with Crippen LogP contribution in [0.25, 0.3) is 0 Å². The predicted molar refractivity (Wildman–Crippen MR) is 51.9 cm³/mol. The van der Waals surface area contributed by atoms with Gasteiger partial charge >= 0.3 is 0 Å². The first-order chi connectivity index (χ1) is 5.29. The lowest BCUT2D eigenvalue weighted by Gasteiger charge is -1.99. The topological polar surface area (TPSA) is 12.4 Å². The summed E-state index contributed by atoms with van der Waals surface area (Å²) in [7, 11) is 0. The molecule has 0 aromatic rings. The quantitative estimate of drug-likeness (QED) is 0.430. The molecule has 0 N–H and O–H groups in total. The van der Waals surface area contributed by atoms with Crippen LogP contribution in [0.3, 0.4) is 0 Å². The van der Waals surface area contributed by atoms with Gasteiger partial charge in [0.2, 0.25) is 0 Å². The smallest absolute Gasteiger partial charge is 0.0648 e. The maximum absolute atomic E-state index is 3.87. The zero-order chi connectivity index (χ0) is 8.69. The minimum atomic E-state index is 0.904. The molecular weight excluding hydrogens is 134 g/mol. The van der Waals surface area contributed by atoms with E-state index in [1.54, 1.807) is 6.08 Å². The van der Waals surface area contributed by atoms with Gasteiger partial charge in [-0.05, 0) is 25.6 Å². The fourth-order valence-electron chi connectivity index (χ4n) is 0.862. The van der Waals surface area contributed by atoms with Gasteiger partial charge in [0.25, 0.3) is 0 Å². The Bertz CT molecular complexity index is 197. The van der Waals surface area contributed by atoms with E-state index in [0.29, 0.717) is 0 Å². The summed E-state index contributed by atoms with van der Waals surface area (Å²) in [5.74, 6) is 0. The molecule has 0 aromatic heterocycles. The van der Waals surface area contributed by atoms with E-state index >= 15 is 0 Å². The van der Waals surface area contributed by atoms with E-state index in [0.717, 1.165) is 17.7 Å². The number of allylic oxidation sites excluding steroid dienone is 3. The zero-order valence-electron chi connectivity index (χ0n) is 7.30. The lowest BCUT2D eigenvalue weighted by molar-refractivity contribution is 1.19. The Morgan fingerprint density at radius 3 is 2.45 bits per heavy atom. The SMILES string of the molecule is C=CC(=C/CC)/C(=C\C)N=C. The van der Waals surface area contributed by atoms with Crippen LogP contribution in [-0.2, 0) is 0 Å². The van der Waals surface area contributed by atoms with Gasteiger partial charge in [-0.15, -0.1) is 0 Å². The van der Waals surface area contributed by atoms with Gasteiger partial charge in [-0.25, -0.2) is 0 Å². The van der Waals surface area contributed by atoms with E-state index in [4.69, 9.17) is 0 Å². The maximum Gasteiger partial charge on any atom is 0.0648 e. The second-order valence-corrected chi connectivity index (χ2v) is 2.10. The molecule has 0 aliphatic heterocycles. The largest absolute Gasteiger partial charge is 0.264 e. The highest BCUT2D eigenvalue weighted by molar-refractivity contribution is 5.43. The molecule has 0 aliphatic carbocycles. The van der Waals surface area contributed by atoms with Crippen molar-refractivity contribution in [1.82, 2.24) is 0 Å². The Labute approximate surface area is 68.9 Å². The fraction of sp³-hybridized carbons (Fsp3) is 0.300. The van der Waals surface area contributed by atoms with Crippen LogP contribution in [0, 0.1) is 0 Å². The summed E-state index contributed by atoms with van der Waals surface area (Å²) in [6, 6.07) is 0. The third kappa shape index (κ3) is 2.99. The Morgan fingerprint density at radius 2 is 2.18 bits per heavy atom. The van der Waals surface area contributed by atoms with Crippen LogP contribution in [-0.4, -0.2) is 6.72 Å². The Kier molecular flexibility index (Phi) is 5.09. The van der Waals surface area contributed by atoms with Crippen molar-refractivity contribution in [2.45, 2.75) is 20.3 Å². The highest BCUT2D eigenvalue weighted by atomic mass is 14.7. The second kappa shape index (κ2) is 5.66. The molecule has 11 heavy (non-hydrogen) atoms. The third-order valence-electron chi connectivity index (χ3n) is 1.38. The molecule has 0 aromatic carbocycles. The molecule has 0 atom stereocenters. The lowest BCUT2D eigenvalue weighted by atomic mass is 10.1. The minimum absolute atomic E-state index is 0.904. The van der Waals surface area contributed by atoms with Crippen molar-refractivity contribution < 1.29 is 0 Å². The average molecular weight is 149 g/mol. The van der Waals surface area contributed by atoms with Gasteiger partial charge in [-0.3, -0.25) is 4.99 Å². The van der Waals surface area contributed by atoms with Gasteiger partial charge in [0.1, 0.15) is 0 Å². The molecule has 0 spiro atoms. The molecular formula is C10H15N. The van der Waals surface area contributed by atoms with Gasteiger partial charge in [0.05, 0.1) is 5.70 Å². The van der Waals surface area contributed by atoms with Gasteiger partial charge in [-0.1, -0.05) is 31.7 Å².